The van der Waals surface area contributed by atoms with E-state index in [0.29, 0.717) is 24.7 Å². The van der Waals surface area contributed by atoms with Crippen LogP contribution in [0.4, 0.5) is 4.79 Å². The molecule has 3 fully saturated rings. The number of likely N-dealkylation sites (tertiary alicyclic amines) is 1. The fraction of sp³-hybridized carbons (Fsp3) is 0.622. The Morgan fingerprint density at radius 1 is 0.980 bits per heavy atom. The van der Waals surface area contributed by atoms with E-state index in [1.165, 1.54) is 4.90 Å². The summed E-state index contributed by atoms with van der Waals surface area (Å²) in [5, 5.41) is 12.9. The second-order valence-electron chi connectivity index (χ2n) is 15.9. The first-order valence-electron chi connectivity index (χ1n) is 17.7. The number of benzene rings is 1. The Kier molecular flexibility index (Phi) is 10.9. The van der Waals surface area contributed by atoms with Crippen LogP contribution in [0.2, 0.25) is 0 Å². The van der Waals surface area contributed by atoms with Crippen LogP contribution in [0.3, 0.4) is 0 Å². The Hall–Kier alpha value is -4.42. The monoisotopic (exact) mass is 692 g/mol. The van der Waals surface area contributed by atoms with Gasteiger partial charge in [-0.2, -0.15) is 0 Å². The lowest BCUT2D eigenvalue weighted by atomic mass is 9.85. The SMILES string of the molecule is CCOc1ccc2c(O[C@@H]3C[C@@H](C(=O)N[C@@H](CC4CC4)C(=O)C(=O)NC4CC4)N(C(=O)[C@@H](NC(=O)NC(C)(C)C)C(C)(C)C)C3)nccc2c1. The lowest BCUT2D eigenvalue weighted by Gasteiger charge is -2.36. The molecule has 1 aromatic heterocycles. The zero-order chi connectivity index (χ0) is 36.4. The smallest absolute Gasteiger partial charge is 0.315 e. The van der Waals surface area contributed by atoms with Gasteiger partial charge in [0.2, 0.25) is 23.5 Å². The number of hydrogen-bond acceptors (Lipinski definition) is 8. The maximum atomic E-state index is 14.4. The number of ketones is 1. The van der Waals surface area contributed by atoms with E-state index >= 15 is 0 Å². The number of amides is 5. The quantitative estimate of drug-likeness (QED) is 0.231. The van der Waals surface area contributed by atoms with Crippen molar-refractivity contribution in [2.24, 2.45) is 11.3 Å². The molecule has 2 aromatic rings. The number of carbonyl (C=O) groups is 5. The van der Waals surface area contributed by atoms with Gasteiger partial charge in [0, 0.05) is 29.6 Å². The van der Waals surface area contributed by atoms with Crippen LogP contribution in [0.1, 0.15) is 87.0 Å². The second-order valence-corrected chi connectivity index (χ2v) is 15.9. The number of fused-ring (bicyclic) bond motifs is 1. The van der Waals surface area contributed by atoms with Crippen molar-refractivity contribution in [2.75, 3.05) is 13.2 Å². The van der Waals surface area contributed by atoms with Gasteiger partial charge in [-0.15, -0.1) is 0 Å². The number of nitrogens with zero attached hydrogens (tertiary/aromatic N) is 2. The van der Waals surface area contributed by atoms with Crippen molar-refractivity contribution in [3.8, 4) is 11.6 Å². The van der Waals surface area contributed by atoms with Gasteiger partial charge in [-0.25, -0.2) is 9.78 Å². The first kappa shape index (κ1) is 36.9. The standard InChI is InChI=1S/C37H52N6O7/c1-8-49-24-13-14-26-22(18-24)15-16-38-33(26)50-25-19-28(31(45)40-27(17-21-9-10-21)29(44)32(46)39-23-11-12-23)43(20-25)34(47)30(36(2,3)4)41-35(48)42-37(5,6)7/h13-16,18,21,23,25,27-28,30H,8-12,17,19-20H2,1-7H3,(H,39,46)(H,40,45)(H2,41,42,48)/t25-,27+,28+,30-/m1/s1. The fourth-order valence-electron chi connectivity index (χ4n) is 6.16. The van der Waals surface area contributed by atoms with E-state index < -0.39 is 64.7 Å². The third-order valence-corrected chi connectivity index (χ3v) is 9.05. The lowest BCUT2D eigenvalue weighted by Crippen LogP contribution is -2.61. The summed E-state index contributed by atoms with van der Waals surface area (Å²) in [6.07, 6.45) is 4.95. The number of pyridine rings is 1. The summed E-state index contributed by atoms with van der Waals surface area (Å²) < 4.78 is 12.1. The first-order valence-corrected chi connectivity index (χ1v) is 17.7. The summed E-state index contributed by atoms with van der Waals surface area (Å²) in [6.45, 7) is 13.5. The van der Waals surface area contributed by atoms with Crippen molar-refractivity contribution in [3.05, 3.63) is 30.5 Å². The minimum absolute atomic E-state index is 0.00432. The summed E-state index contributed by atoms with van der Waals surface area (Å²) >= 11 is 0. The molecule has 0 bridgehead atoms. The van der Waals surface area contributed by atoms with Crippen LogP contribution < -0.4 is 30.7 Å². The van der Waals surface area contributed by atoms with Gasteiger partial charge >= 0.3 is 6.03 Å². The van der Waals surface area contributed by atoms with E-state index in [4.69, 9.17) is 9.47 Å². The van der Waals surface area contributed by atoms with Crippen molar-refractivity contribution in [1.82, 2.24) is 31.2 Å². The van der Waals surface area contributed by atoms with Gasteiger partial charge in [0.15, 0.2) is 0 Å². The molecule has 4 atom stereocenters. The molecule has 4 N–H and O–H groups in total. The van der Waals surface area contributed by atoms with Crippen LogP contribution in [-0.4, -0.2) is 88.4 Å². The van der Waals surface area contributed by atoms with E-state index in [0.717, 1.165) is 36.5 Å². The van der Waals surface area contributed by atoms with Crippen LogP contribution >= 0.6 is 0 Å². The molecule has 5 rings (SSSR count). The topological polar surface area (TPSA) is 168 Å². The summed E-state index contributed by atoms with van der Waals surface area (Å²) in [6, 6.07) is 3.87. The fourth-order valence-corrected chi connectivity index (χ4v) is 6.16. The summed E-state index contributed by atoms with van der Waals surface area (Å²) in [4.78, 5) is 73.6. The van der Waals surface area contributed by atoms with E-state index in [2.05, 4.69) is 26.3 Å². The van der Waals surface area contributed by atoms with Gasteiger partial charge in [0.05, 0.1) is 19.2 Å². The van der Waals surface area contributed by atoms with Gasteiger partial charge in [-0.3, -0.25) is 19.2 Å². The Bertz CT molecular complexity index is 1610. The molecule has 1 aliphatic heterocycles. The molecule has 13 heteroatoms. The van der Waals surface area contributed by atoms with Crippen molar-refractivity contribution in [3.63, 3.8) is 0 Å². The highest BCUT2D eigenvalue weighted by Gasteiger charge is 2.47. The number of hydrogen-bond donors (Lipinski definition) is 4. The van der Waals surface area contributed by atoms with Crippen LogP contribution in [-0.2, 0) is 19.2 Å². The molecular weight excluding hydrogens is 640 g/mol. The normalized spacial score (nSPS) is 20.4. The van der Waals surface area contributed by atoms with Crippen LogP contribution in [0.5, 0.6) is 11.6 Å². The number of rotatable bonds is 13. The van der Waals surface area contributed by atoms with Crippen LogP contribution in [0.25, 0.3) is 10.8 Å². The molecule has 272 valence electrons. The number of nitrogens with one attached hydrogen (secondary N) is 4. The van der Waals surface area contributed by atoms with Gasteiger partial charge in [0.25, 0.3) is 5.91 Å². The molecule has 0 unspecified atom stereocenters. The number of carbonyl (C=O) groups excluding carboxylic acids is 5. The van der Waals surface area contributed by atoms with Crippen molar-refractivity contribution in [2.45, 2.75) is 123 Å². The van der Waals surface area contributed by atoms with Crippen LogP contribution in [0, 0.1) is 11.3 Å². The van der Waals surface area contributed by atoms with E-state index in [1.807, 2.05) is 72.7 Å². The predicted octanol–water partition coefficient (Wildman–Crippen LogP) is 3.63. The molecule has 2 heterocycles. The highest BCUT2D eigenvalue weighted by molar-refractivity contribution is 6.38. The highest BCUT2D eigenvalue weighted by atomic mass is 16.5. The maximum Gasteiger partial charge on any atom is 0.315 e. The average molecular weight is 693 g/mol. The molecule has 5 amide bonds. The second kappa shape index (κ2) is 14.8. The Labute approximate surface area is 294 Å². The van der Waals surface area contributed by atoms with Crippen molar-refractivity contribution >= 4 is 40.3 Å². The Balaban J connectivity index is 1.41. The van der Waals surface area contributed by atoms with Crippen molar-refractivity contribution in [1.29, 1.82) is 0 Å². The minimum Gasteiger partial charge on any atom is -0.494 e. The summed E-state index contributed by atoms with van der Waals surface area (Å²) in [7, 11) is 0. The van der Waals surface area contributed by atoms with Gasteiger partial charge in [0.1, 0.15) is 23.9 Å². The third-order valence-electron chi connectivity index (χ3n) is 9.05. The molecule has 2 aliphatic carbocycles. The Morgan fingerprint density at radius 3 is 2.32 bits per heavy atom. The first-order chi connectivity index (χ1) is 23.5. The molecular formula is C37H52N6O7. The maximum absolute atomic E-state index is 14.4. The molecule has 13 nitrogen and oxygen atoms in total. The molecule has 0 spiro atoms. The van der Waals surface area contributed by atoms with Crippen LogP contribution in [0.15, 0.2) is 30.5 Å². The van der Waals surface area contributed by atoms with Crippen molar-refractivity contribution < 1.29 is 33.4 Å². The number of Topliss-reactive ketones (excluding diaryl/α,β-unsaturated/α-hetero) is 1. The van der Waals surface area contributed by atoms with E-state index in [1.54, 1.807) is 6.20 Å². The lowest BCUT2D eigenvalue weighted by molar-refractivity contribution is -0.144. The molecule has 1 saturated heterocycles. The number of urea groups is 1. The molecule has 50 heavy (non-hydrogen) atoms. The molecule has 2 saturated carbocycles. The minimum atomic E-state index is -1.04. The molecule has 0 radical (unpaired) electrons. The number of ether oxygens (including phenoxy) is 2. The van der Waals surface area contributed by atoms with Gasteiger partial charge in [-0.05, 0) is 87.9 Å². The number of aromatic nitrogens is 1. The third kappa shape index (κ3) is 9.63. The van der Waals surface area contributed by atoms with E-state index in [9.17, 15) is 24.0 Å². The van der Waals surface area contributed by atoms with Gasteiger partial charge in [-0.1, -0.05) is 33.6 Å². The predicted molar refractivity (Wildman–Crippen MR) is 188 cm³/mol. The average Bonchev–Trinajstić information content (AvgIpc) is 3.97. The Morgan fingerprint density at radius 2 is 1.70 bits per heavy atom. The zero-order valence-electron chi connectivity index (χ0n) is 30.3. The van der Waals surface area contributed by atoms with Gasteiger partial charge < -0.3 is 35.6 Å². The molecule has 1 aromatic carbocycles. The largest absolute Gasteiger partial charge is 0.494 e. The summed E-state index contributed by atoms with van der Waals surface area (Å²) in [5.74, 6) is -1.10. The zero-order valence-corrected chi connectivity index (χ0v) is 30.3. The summed E-state index contributed by atoms with van der Waals surface area (Å²) in [5.41, 5.74) is -1.28. The highest BCUT2D eigenvalue weighted by Crippen LogP contribution is 2.35. The molecule has 3 aliphatic rings. The van der Waals surface area contributed by atoms with E-state index in [-0.39, 0.29) is 24.9 Å².